The first-order valence-corrected chi connectivity index (χ1v) is 8.29. The SMILES string of the molecule is CC1CCC(C(C)(C)Cc2cccc(F)c2Br)C(N)C1. The van der Waals surface area contributed by atoms with Crippen molar-refractivity contribution in [3.05, 3.63) is 34.1 Å². The summed E-state index contributed by atoms with van der Waals surface area (Å²) in [4.78, 5) is 0. The van der Waals surface area contributed by atoms with Gasteiger partial charge in [-0.25, -0.2) is 4.39 Å². The highest BCUT2D eigenvalue weighted by atomic mass is 79.9. The maximum atomic E-state index is 13.7. The number of rotatable bonds is 3. The minimum absolute atomic E-state index is 0.0931. The molecule has 1 fully saturated rings. The Morgan fingerprint density at radius 2 is 2.05 bits per heavy atom. The Kier molecular flexibility index (Phi) is 4.91. The second kappa shape index (κ2) is 6.15. The van der Waals surface area contributed by atoms with E-state index in [0.29, 0.717) is 10.4 Å². The highest BCUT2D eigenvalue weighted by Gasteiger charge is 2.37. The second-order valence-corrected chi connectivity index (χ2v) is 7.86. The van der Waals surface area contributed by atoms with Gasteiger partial charge in [-0.05, 0) is 64.1 Å². The molecule has 1 aromatic rings. The van der Waals surface area contributed by atoms with Gasteiger partial charge in [0.2, 0.25) is 0 Å². The topological polar surface area (TPSA) is 26.0 Å². The molecule has 0 heterocycles. The van der Waals surface area contributed by atoms with E-state index in [0.717, 1.165) is 24.3 Å². The molecule has 112 valence electrons. The summed E-state index contributed by atoms with van der Waals surface area (Å²) < 4.78 is 14.3. The first-order chi connectivity index (χ1) is 9.31. The molecule has 3 atom stereocenters. The summed E-state index contributed by atoms with van der Waals surface area (Å²) in [6, 6.07) is 5.55. The third-order valence-corrected chi connectivity index (χ3v) is 5.73. The molecule has 2 N–H and O–H groups in total. The number of halogens is 2. The average Bonchev–Trinajstić information content (AvgIpc) is 2.34. The Bertz CT molecular complexity index is 472. The van der Waals surface area contributed by atoms with Gasteiger partial charge in [-0.3, -0.25) is 0 Å². The Morgan fingerprint density at radius 1 is 1.35 bits per heavy atom. The van der Waals surface area contributed by atoms with E-state index in [2.05, 4.69) is 36.7 Å². The van der Waals surface area contributed by atoms with Crippen molar-refractivity contribution >= 4 is 15.9 Å². The van der Waals surface area contributed by atoms with Gasteiger partial charge in [0.1, 0.15) is 5.82 Å². The highest BCUT2D eigenvalue weighted by Crippen LogP contribution is 2.42. The van der Waals surface area contributed by atoms with Crippen molar-refractivity contribution in [3.8, 4) is 0 Å². The lowest BCUT2D eigenvalue weighted by molar-refractivity contribution is 0.113. The Balaban J connectivity index is 2.16. The zero-order valence-electron chi connectivity index (χ0n) is 12.6. The molecule has 0 radical (unpaired) electrons. The zero-order valence-corrected chi connectivity index (χ0v) is 14.2. The van der Waals surface area contributed by atoms with E-state index >= 15 is 0 Å². The van der Waals surface area contributed by atoms with Crippen LogP contribution >= 0.6 is 15.9 Å². The third-order valence-electron chi connectivity index (χ3n) is 4.84. The van der Waals surface area contributed by atoms with E-state index in [1.807, 2.05) is 6.07 Å². The molecule has 3 unspecified atom stereocenters. The van der Waals surface area contributed by atoms with Crippen LogP contribution in [0.1, 0.15) is 45.6 Å². The minimum Gasteiger partial charge on any atom is -0.327 e. The van der Waals surface area contributed by atoms with Crippen LogP contribution in [0.3, 0.4) is 0 Å². The molecule has 1 aliphatic rings. The van der Waals surface area contributed by atoms with Crippen LogP contribution in [-0.4, -0.2) is 6.04 Å². The van der Waals surface area contributed by atoms with Crippen molar-refractivity contribution in [3.63, 3.8) is 0 Å². The molecule has 0 spiro atoms. The van der Waals surface area contributed by atoms with E-state index in [9.17, 15) is 4.39 Å². The molecular formula is C17H25BrFN. The van der Waals surface area contributed by atoms with Gasteiger partial charge >= 0.3 is 0 Å². The summed E-state index contributed by atoms with van der Waals surface area (Å²) in [6.07, 6.45) is 4.41. The fourth-order valence-corrected chi connectivity index (χ4v) is 4.11. The molecule has 1 saturated carbocycles. The normalized spacial score (nSPS) is 27.6. The van der Waals surface area contributed by atoms with Crippen LogP contribution in [0.4, 0.5) is 4.39 Å². The van der Waals surface area contributed by atoms with E-state index in [1.165, 1.54) is 18.9 Å². The lowest BCUT2D eigenvalue weighted by atomic mass is 9.64. The molecule has 0 aromatic heterocycles. The van der Waals surface area contributed by atoms with Crippen LogP contribution in [0, 0.1) is 23.1 Å². The number of hydrogen-bond acceptors (Lipinski definition) is 1. The summed E-state index contributed by atoms with van der Waals surface area (Å²) in [6.45, 7) is 6.82. The van der Waals surface area contributed by atoms with Crippen molar-refractivity contribution < 1.29 is 4.39 Å². The first kappa shape index (κ1) is 16.0. The molecule has 2 rings (SSSR count). The molecule has 0 aliphatic heterocycles. The lowest BCUT2D eigenvalue weighted by Gasteiger charge is -2.43. The molecule has 0 amide bonds. The van der Waals surface area contributed by atoms with Crippen LogP contribution in [0.2, 0.25) is 0 Å². The Hall–Kier alpha value is -0.410. The molecule has 0 bridgehead atoms. The molecule has 20 heavy (non-hydrogen) atoms. The third kappa shape index (κ3) is 3.43. The summed E-state index contributed by atoms with van der Waals surface area (Å²) >= 11 is 3.38. The van der Waals surface area contributed by atoms with Gasteiger partial charge in [0, 0.05) is 6.04 Å². The van der Waals surface area contributed by atoms with E-state index in [4.69, 9.17) is 5.73 Å². The van der Waals surface area contributed by atoms with Crippen LogP contribution < -0.4 is 5.73 Å². The Labute approximate surface area is 130 Å². The van der Waals surface area contributed by atoms with Crippen LogP contribution in [0.25, 0.3) is 0 Å². The fraction of sp³-hybridized carbons (Fsp3) is 0.647. The average molecular weight is 342 g/mol. The number of nitrogens with two attached hydrogens (primary N) is 1. The van der Waals surface area contributed by atoms with E-state index in [-0.39, 0.29) is 17.3 Å². The molecular weight excluding hydrogens is 317 g/mol. The lowest BCUT2D eigenvalue weighted by Crippen LogP contribution is -2.44. The minimum atomic E-state index is -0.181. The highest BCUT2D eigenvalue weighted by molar-refractivity contribution is 9.10. The zero-order chi connectivity index (χ0) is 14.9. The number of hydrogen-bond donors (Lipinski definition) is 1. The van der Waals surface area contributed by atoms with Crippen molar-refractivity contribution in [2.75, 3.05) is 0 Å². The monoisotopic (exact) mass is 341 g/mol. The van der Waals surface area contributed by atoms with Crippen molar-refractivity contribution in [2.24, 2.45) is 23.0 Å². The predicted octanol–water partition coefficient (Wildman–Crippen LogP) is 4.92. The molecule has 1 nitrogen and oxygen atoms in total. The van der Waals surface area contributed by atoms with Crippen molar-refractivity contribution in [1.82, 2.24) is 0 Å². The van der Waals surface area contributed by atoms with E-state index < -0.39 is 0 Å². The summed E-state index contributed by atoms with van der Waals surface area (Å²) in [5.41, 5.74) is 7.53. The molecule has 0 saturated heterocycles. The second-order valence-electron chi connectivity index (χ2n) is 7.07. The maximum Gasteiger partial charge on any atom is 0.137 e. The van der Waals surface area contributed by atoms with Crippen LogP contribution in [0.15, 0.2) is 22.7 Å². The van der Waals surface area contributed by atoms with Crippen LogP contribution in [-0.2, 0) is 6.42 Å². The van der Waals surface area contributed by atoms with E-state index in [1.54, 1.807) is 6.07 Å². The maximum absolute atomic E-state index is 13.7. The first-order valence-electron chi connectivity index (χ1n) is 7.49. The Morgan fingerprint density at radius 3 is 2.70 bits per heavy atom. The van der Waals surface area contributed by atoms with Crippen molar-refractivity contribution in [1.29, 1.82) is 0 Å². The van der Waals surface area contributed by atoms with Gasteiger partial charge in [0.25, 0.3) is 0 Å². The molecule has 3 heteroatoms. The van der Waals surface area contributed by atoms with Gasteiger partial charge in [-0.15, -0.1) is 0 Å². The van der Waals surface area contributed by atoms with Crippen molar-refractivity contribution in [2.45, 2.75) is 52.5 Å². The quantitative estimate of drug-likeness (QED) is 0.829. The van der Waals surface area contributed by atoms with Gasteiger partial charge in [0.15, 0.2) is 0 Å². The van der Waals surface area contributed by atoms with Gasteiger partial charge < -0.3 is 5.73 Å². The summed E-state index contributed by atoms with van der Waals surface area (Å²) in [5.74, 6) is 1.06. The van der Waals surface area contributed by atoms with Gasteiger partial charge in [-0.2, -0.15) is 0 Å². The molecule has 1 aliphatic carbocycles. The van der Waals surface area contributed by atoms with Gasteiger partial charge in [0.05, 0.1) is 4.47 Å². The fourth-order valence-electron chi connectivity index (χ4n) is 3.70. The van der Waals surface area contributed by atoms with Gasteiger partial charge in [-0.1, -0.05) is 39.3 Å². The summed E-state index contributed by atoms with van der Waals surface area (Å²) in [5, 5.41) is 0. The number of benzene rings is 1. The standard InChI is InChI=1S/C17H25BrFN/c1-11-7-8-13(15(20)9-11)17(2,3)10-12-5-4-6-14(19)16(12)18/h4-6,11,13,15H,7-10,20H2,1-3H3. The predicted molar refractivity (Wildman–Crippen MR) is 86.1 cm³/mol. The summed E-state index contributed by atoms with van der Waals surface area (Å²) in [7, 11) is 0. The molecule has 1 aromatic carbocycles. The smallest absolute Gasteiger partial charge is 0.137 e. The largest absolute Gasteiger partial charge is 0.327 e. The van der Waals surface area contributed by atoms with Crippen LogP contribution in [0.5, 0.6) is 0 Å².